The molecule has 3 heterocycles. The van der Waals surface area contributed by atoms with Crippen LogP contribution in [0, 0.1) is 5.92 Å². The monoisotopic (exact) mass is 346 g/mol. The van der Waals surface area contributed by atoms with Gasteiger partial charge in [-0.15, -0.1) is 5.10 Å². The van der Waals surface area contributed by atoms with Crippen LogP contribution in [0.15, 0.2) is 12.1 Å². The van der Waals surface area contributed by atoms with Crippen molar-refractivity contribution < 1.29 is 14.7 Å². The molecule has 1 N–H and O–H groups in total. The molecule has 136 valence electrons. The molecule has 0 radical (unpaired) electrons. The number of amides is 2. The molecule has 2 amide bonds. The van der Waals surface area contributed by atoms with Crippen LogP contribution in [0.1, 0.15) is 48.8 Å². The lowest BCUT2D eigenvalue weighted by atomic mass is 9.93. The maximum Gasteiger partial charge on any atom is 0.274 e. The Bertz CT molecular complexity index is 611. The molecule has 1 unspecified atom stereocenters. The maximum absolute atomic E-state index is 12.4. The fourth-order valence-corrected chi connectivity index (χ4v) is 3.63. The lowest BCUT2D eigenvalue weighted by Gasteiger charge is -2.31. The zero-order chi connectivity index (χ0) is 17.8. The van der Waals surface area contributed by atoms with Gasteiger partial charge in [0.2, 0.25) is 5.91 Å². The molecule has 2 aliphatic rings. The summed E-state index contributed by atoms with van der Waals surface area (Å²) >= 11 is 0. The zero-order valence-corrected chi connectivity index (χ0v) is 14.7. The molecule has 2 saturated heterocycles. The molecule has 7 nitrogen and oxygen atoms in total. The second-order valence-corrected chi connectivity index (χ2v) is 7.11. The van der Waals surface area contributed by atoms with Crippen molar-refractivity contribution in [3.63, 3.8) is 0 Å². The number of nitrogens with zero attached hydrogens (tertiary/aromatic N) is 4. The lowest BCUT2D eigenvalue weighted by molar-refractivity contribution is -0.130. The Morgan fingerprint density at radius 2 is 1.88 bits per heavy atom. The molecule has 0 spiro atoms. The van der Waals surface area contributed by atoms with Gasteiger partial charge in [0.05, 0.1) is 11.8 Å². The van der Waals surface area contributed by atoms with Crippen molar-refractivity contribution in [2.24, 2.45) is 5.92 Å². The number of likely N-dealkylation sites (tertiary alicyclic amines) is 2. The van der Waals surface area contributed by atoms with Crippen LogP contribution in [0.25, 0.3) is 0 Å². The normalized spacial score (nSPS) is 22.1. The van der Waals surface area contributed by atoms with E-state index in [-0.39, 0.29) is 17.9 Å². The fourth-order valence-electron chi connectivity index (χ4n) is 3.63. The van der Waals surface area contributed by atoms with Gasteiger partial charge in [0, 0.05) is 33.1 Å². The number of carbonyl (C=O) groups is 2. The molecular formula is C18H26N4O3. The van der Waals surface area contributed by atoms with E-state index in [1.165, 1.54) is 0 Å². The van der Waals surface area contributed by atoms with Gasteiger partial charge in [0.15, 0.2) is 5.69 Å². The van der Waals surface area contributed by atoms with E-state index in [2.05, 4.69) is 10.2 Å². The minimum absolute atomic E-state index is 0.119. The number of piperidine rings is 2. The molecular weight excluding hydrogens is 320 g/mol. The summed E-state index contributed by atoms with van der Waals surface area (Å²) in [5.74, 6) is 0.409. The van der Waals surface area contributed by atoms with Gasteiger partial charge in [0.1, 0.15) is 0 Å². The van der Waals surface area contributed by atoms with Gasteiger partial charge in [-0.05, 0) is 50.2 Å². The highest BCUT2D eigenvalue weighted by molar-refractivity contribution is 5.92. The van der Waals surface area contributed by atoms with E-state index >= 15 is 0 Å². The predicted octanol–water partition coefficient (Wildman–Crippen LogP) is 0.874. The number of carbonyl (C=O) groups excluding carboxylic acids is 2. The van der Waals surface area contributed by atoms with Gasteiger partial charge in [-0.3, -0.25) is 9.59 Å². The van der Waals surface area contributed by atoms with Gasteiger partial charge in [0.25, 0.3) is 5.91 Å². The zero-order valence-electron chi connectivity index (χ0n) is 14.7. The minimum atomic E-state index is -0.303. The number of rotatable bonds is 3. The molecule has 25 heavy (non-hydrogen) atoms. The number of hydrogen-bond acceptors (Lipinski definition) is 5. The second-order valence-electron chi connectivity index (χ2n) is 7.11. The first-order chi connectivity index (χ1) is 12.0. The minimum Gasteiger partial charge on any atom is -0.393 e. The predicted molar refractivity (Wildman–Crippen MR) is 91.9 cm³/mol. The Labute approximate surface area is 148 Å². The van der Waals surface area contributed by atoms with Crippen LogP contribution in [-0.4, -0.2) is 69.2 Å². The summed E-state index contributed by atoms with van der Waals surface area (Å²) < 4.78 is 0. The van der Waals surface area contributed by atoms with Crippen molar-refractivity contribution in [1.29, 1.82) is 0 Å². The first kappa shape index (κ1) is 17.8. The van der Waals surface area contributed by atoms with Gasteiger partial charge >= 0.3 is 0 Å². The standard InChI is InChI=1S/C18H26N4O3/c1-13(23)22-8-2-3-14(12-22)11-15-4-5-17(20-19-15)18(25)21-9-6-16(24)7-10-21/h4-5,14,16,24H,2-3,6-12H2,1H3. The van der Waals surface area contributed by atoms with Gasteiger partial charge < -0.3 is 14.9 Å². The molecule has 3 rings (SSSR count). The molecule has 0 bridgehead atoms. The highest BCUT2D eigenvalue weighted by Gasteiger charge is 2.24. The SMILES string of the molecule is CC(=O)N1CCCC(Cc2ccc(C(=O)N3CCC(O)CC3)nn2)C1. The molecule has 0 aromatic carbocycles. The smallest absolute Gasteiger partial charge is 0.274 e. The summed E-state index contributed by atoms with van der Waals surface area (Å²) in [5, 5.41) is 17.9. The first-order valence-electron chi connectivity index (χ1n) is 9.08. The molecule has 1 aromatic heterocycles. The maximum atomic E-state index is 12.4. The van der Waals surface area contributed by atoms with Crippen LogP contribution in [-0.2, 0) is 11.2 Å². The summed E-state index contributed by atoms with van der Waals surface area (Å²) in [6.45, 7) is 4.35. The largest absolute Gasteiger partial charge is 0.393 e. The van der Waals surface area contributed by atoms with E-state index in [0.717, 1.165) is 38.0 Å². The summed E-state index contributed by atoms with van der Waals surface area (Å²) in [7, 11) is 0. The van der Waals surface area contributed by atoms with Crippen LogP contribution >= 0.6 is 0 Å². The Kier molecular flexibility index (Phi) is 5.63. The summed E-state index contributed by atoms with van der Waals surface area (Å²) in [5.41, 5.74) is 1.22. The van der Waals surface area contributed by atoms with Crippen molar-refractivity contribution in [2.45, 2.75) is 45.1 Å². The third kappa shape index (κ3) is 4.54. The fraction of sp³-hybridized carbons (Fsp3) is 0.667. The van der Waals surface area contributed by atoms with E-state index in [1.54, 1.807) is 17.9 Å². The number of aliphatic hydroxyl groups excluding tert-OH is 1. The lowest BCUT2D eigenvalue weighted by Crippen LogP contribution is -2.40. The highest BCUT2D eigenvalue weighted by Crippen LogP contribution is 2.20. The Balaban J connectivity index is 1.57. The Morgan fingerprint density at radius 1 is 1.12 bits per heavy atom. The third-order valence-electron chi connectivity index (χ3n) is 5.15. The molecule has 2 fully saturated rings. The molecule has 1 atom stereocenters. The average molecular weight is 346 g/mol. The van der Waals surface area contributed by atoms with Crippen LogP contribution < -0.4 is 0 Å². The van der Waals surface area contributed by atoms with E-state index in [9.17, 15) is 14.7 Å². The van der Waals surface area contributed by atoms with Gasteiger partial charge in [-0.1, -0.05) is 0 Å². The Hall–Kier alpha value is -2.02. The van der Waals surface area contributed by atoms with Crippen LogP contribution in [0.3, 0.4) is 0 Å². The van der Waals surface area contributed by atoms with Crippen molar-refractivity contribution >= 4 is 11.8 Å². The van der Waals surface area contributed by atoms with Crippen molar-refractivity contribution in [1.82, 2.24) is 20.0 Å². The van der Waals surface area contributed by atoms with Crippen molar-refractivity contribution in [3.8, 4) is 0 Å². The summed E-state index contributed by atoms with van der Waals surface area (Å²) in [6.07, 6.45) is 3.82. The van der Waals surface area contributed by atoms with Crippen LogP contribution in [0.2, 0.25) is 0 Å². The molecule has 1 aromatic rings. The number of aromatic nitrogens is 2. The van der Waals surface area contributed by atoms with Crippen molar-refractivity contribution in [3.05, 3.63) is 23.5 Å². The Morgan fingerprint density at radius 3 is 2.52 bits per heavy atom. The van der Waals surface area contributed by atoms with Crippen molar-refractivity contribution in [2.75, 3.05) is 26.2 Å². The summed E-state index contributed by atoms with van der Waals surface area (Å²) in [4.78, 5) is 27.6. The third-order valence-corrected chi connectivity index (χ3v) is 5.15. The molecule has 7 heteroatoms. The topological polar surface area (TPSA) is 86.6 Å². The molecule has 0 saturated carbocycles. The first-order valence-corrected chi connectivity index (χ1v) is 9.08. The van der Waals surface area contributed by atoms with E-state index in [1.807, 2.05) is 11.0 Å². The second kappa shape index (κ2) is 7.91. The molecule has 0 aliphatic carbocycles. The molecule has 2 aliphatic heterocycles. The summed E-state index contributed by atoms with van der Waals surface area (Å²) in [6, 6.07) is 3.60. The quantitative estimate of drug-likeness (QED) is 0.878. The van der Waals surface area contributed by atoms with Gasteiger partial charge in [-0.2, -0.15) is 5.10 Å². The van der Waals surface area contributed by atoms with Gasteiger partial charge in [-0.25, -0.2) is 0 Å². The average Bonchev–Trinajstić information content (AvgIpc) is 2.63. The van der Waals surface area contributed by atoms with E-state index in [0.29, 0.717) is 37.5 Å². The highest BCUT2D eigenvalue weighted by atomic mass is 16.3. The van der Waals surface area contributed by atoms with E-state index in [4.69, 9.17) is 0 Å². The van der Waals surface area contributed by atoms with Crippen LogP contribution in [0.4, 0.5) is 0 Å². The van der Waals surface area contributed by atoms with E-state index < -0.39 is 0 Å². The number of aliphatic hydroxyl groups is 1. The van der Waals surface area contributed by atoms with Crippen LogP contribution in [0.5, 0.6) is 0 Å². The number of hydrogen-bond donors (Lipinski definition) is 1.